The van der Waals surface area contributed by atoms with Gasteiger partial charge in [0.05, 0.1) is 7.11 Å². The molecule has 0 fully saturated rings. The predicted molar refractivity (Wildman–Crippen MR) is 61.2 cm³/mol. The lowest BCUT2D eigenvalue weighted by Gasteiger charge is -1.93. The number of thiazole rings is 1. The molecular weight excluding hydrogens is 228 g/mol. The Balaban J connectivity index is 2.52. The van der Waals surface area contributed by atoms with E-state index in [1.54, 1.807) is 17.5 Å². The van der Waals surface area contributed by atoms with Crippen molar-refractivity contribution in [3.63, 3.8) is 0 Å². The van der Waals surface area contributed by atoms with Crippen molar-refractivity contribution in [2.75, 3.05) is 13.7 Å². The molecule has 0 saturated carbocycles. The molecule has 1 rings (SSSR count). The van der Waals surface area contributed by atoms with Gasteiger partial charge in [0.2, 0.25) is 5.91 Å². The molecule has 1 heterocycles. The van der Waals surface area contributed by atoms with Gasteiger partial charge < -0.3 is 10.1 Å². The maximum absolute atomic E-state index is 11.1. The number of esters is 1. The molecule has 0 radical (unpaired) electrons. The number of methoxy groups -OCH3 is 1. The van der Waals surface area contributed by atoms with E-state index in [1.807, 2.05) is 0 Å². The molecule has 0 atom stereocenters. The minimum absolute atomic E-state index is 0.0842. The van der Waals surface area contributed by atoms with Crippen LogP contribution in [0.2, 0.25) is 0 Å². The van der Waals surface area contributed by atoms with Gasteiger partial charge in [-0.2, -0.15) is 0 Å². The van der Waals surface area contributed by atoms with E-state index < -0.39 is 5.97 Å². The fourth-order valence-corrected chi connectivity index (χ4v) is 1.63. The van der Waals surface area contributed by atoms with Crippen molar-refractivity contribution in [2.24, 2.45) is 0 Å². The molecule has 0 spiro atoms. The number of nitrogens with one attached hydrogen (secondary N) is 1. The highest BCUT2D eigenvalue weighted by Crippen LogP contribution is 2.11. The molecule has 1 aromatic heterocycles. The topological polar surface area (TPSA) is 68.3 Å². The summed E-state index contributed by atoms with van der Waals surface area (Å²) in [6.07, 6.45) is 3.51. The predicted octanol–water partition coefficient (Wildman–Crippen LogP) is 1.08. The van der Waals surface area contributed by atoms with Crippen LogP contribution in [0.3, 0.4) is 0 Å². The molecule has 0 bridgehead atoms. The van der Waals surface area contributed by atoms with Crippen molar-refractivity contribution in [1.29, 1.82) is 0 Å². The average molecular weight is 240 g/mol. The number of nitrogens with zero attached hydrogens (tertiary/aromatic N) is 1. The quantitative estimate of drug-likeness (QED) is 0.800. The summed E-state index contributed by atoms with van der Waals surface area (Å²) in [4.78, 5) is 25.7. The smallest absolute Gasteiger partial charge is 0.357 e. The molecule has 1 aromatic rings. The highest BCUT2D eigenvalue weighted by Gasteiger charge is 2.08. The third kappa shape index (κ3) is 3.82. The lowest BCUT2D eigenvalue weighted by Crippen LogP contribution is -2.19. The van der Waals surface area contributed by atoms with Crippen molar-refractivity contribution in [3.05, 3.63) is 22.2 Å². The van der Waals surface area contributed by atoms with E-state index in [0.717, 1.165) is 0 Å². The number of aromatic nitrogens is 1. The maximum atomic E-state index is 11.1. The molecule has 86 valence electrons. The molecule has 1 amide bonds. The summed E-state index contributed by atoms with van der Waals surface area (Å²) < 4.78 is 4.53. The van der Waals surface area contributed by atoms with Crippen LogP contribution in [0.15, 0.2) is 11.5 Å². The zero-order valence-electron chi connectivity index (χ0n) is 9.02. The van der Waals surface area contributed by atoms with Gasteiger partial charge in [-0.3, -0.25) is 4.79 Å². The van der Waals surface area contributed by atoms with Crippen LogP contribution in [-0.4, -0.2) is 30.5 Å². The third-order valence-electron chi connectivity index (χ3n) is 1.65. The van der Waals surface area contributed by atoms with Gasteiger partial charge in [0, 0.05) is 18.8 Å². The highest BCUT2D eigenvalue weighted by molar-refractivity contribution is 7.10. The summed E-state index contributed by atoms with van der Waals surface area (Å²) in [6.45, 7) is 1.90. The van der Waals surface area contributed by atoms with Gasteiger partial charge in [0.15, 0.2) is 5.69 Å². The van der Waals surface area contributed by atoms with Gasteiger partial charge >= 0.3 is 5.97 Å². The fourth-order valence-electron chi connectivity index (χ4n) is 0.925. The van der Waals surface area contributed by atoms with Gasteiger partial charge in [-0.1, -0.05) is 6.08 Å². The lowest BCUT2D eigenvalue weighted by molar-refractivity contribution is -0.118. The Bertz CT molecular complexity index is 412. The first-order chi connectivity index (χ1) is 7.63. The Morgan fingerprint density at radius 3 is 3.00 bits per heavy atom. The number of hydrogen-bond acceptors (Lipinski definition) is 5. The van der Waals surface area contributed by atoms with Crippen LogP contribution < -0.4 is 5.32 Å². The fraction of sp³-hybridized carbons (Fsp3) is 0.300. The van der Waals surface area contributed by atoms with Crippen molar-refractivity contribution < 1.29 is 14.3 Å². The van der Waals surface area contributed by atoms with Crippen molar-refractivity contribution in [1.82, 2.24) is 10.3 Å². The Labute approximate surface area is 97.1 Å². The second-order valence-electron chi connectivity index (χ2n) is 2.90. The standard InChI is InChI=1S/C10H12N2O3S/c1-7(13)11-5-3-4-9-12-8(6-16-9)10(14)15-2/h3-4,6H,5H2,1-2H3,(H,11,13). The number of carbonyl (C=O) groups excluding carboxylic acids is 2. The minimum atomic E-state index is -0.447. The number of carbonyl (C=O) groups is 2. The van der Waals surface area contributed by atoms with Crippen LogP contribution in [0.1, 0.15) is 22.4 Å². The number of hydrogen-bond donors (Lipinski definition) is 1. The van der Waals surface area contributed by atoms with Crippen molar-refractivity contribution in [3.8, 4) is 0 Å². The third-order valence-corrected chi connectivity index (χ3v) is 2.46. The number of ether oxygens (including phenoxy) is 1. The second-order valence-corrected chi connectivity index (χ2v) is 3.79. The largest absolute Gasteiger partial charge is 0.464 e. The molecule has 6 heteroatoms. The summed E-state index contributed by atoms with van der Waals surface area (Å²) in [6, 6.07) is 0. The Hall–Kier alpha value is -1.69. The average Bonchev–Trinajstić information content (AvgIpc) is 2.71. The molecule has 0 aromatic carbocycles. The van der Waals surface area contributed by atoms with Gasteiger partial charge in [0.1, 0.15) is 5.01 Å². The molecule has 5 nitrogen and oxygen atoms in total. The van der Waals surface area contributed by atoms with Gasteiger partial charge in [0.25, 0.3) is 0 Å². The first kappa shape index (κ1) is 12.4. The second kappa shape index (κ2) is 6.02. The summed E-state index contributed by atoms with van der Waals surface area (Å²) >= 11 is 1.34. The Morgan fingerprint density at radius 1 is 1.62 bits per heavy atom. The molecule has 0 saturated heterocycles. The van der Waals surface area contributed by atoms with E-state index in [0.29, 0.717) is 17.2 Å². The molecule has 0 aliphatic carbocycles. The van der Waals surface area contributed by atoms with E-state index >= 15 is 0 Å². The highest BCUT2D eigenvalue weighted by atomic mass is 32.1. The van der Waals surface area contributed by atoms with E-state index in [4.69, 9.17) is 0 Å². The summed E-state index contributed by atoms with van der Waals surface area (Å²) in [5.74, 6) is -0.531. The van der Waals surface area contributed by atoms with Crippen LogP contribution in [0.25, 0.3) is 6.08 Å². The van der Waals surface area contributed by atoms with Crippen LogP contribution in [0.4, 0.5) is 0 Å². The Kier molecular flexibility index (Phi) is 4.65. The zero-order valence-corrected chi connectivity index (χ0v) is 9.84. The molecule has 0 aliphatic rings. The first-order valence-corrected chi connectivity index (χ1v) is 5.46. The maximum Gasteiger partial charge on any atom is 0.357 e. The zero-order chi connectivity index (χ0) is 12.0. The number of rotatable bonds is 4. The van der Waals surface area contributed by atoms with E-state index in [2.05, 4.69) is 15.0 Å². The summed E-state index contributed by atoms with van der Waals surface area (Å²) in [5, 5.41) is 4.94. The Morgan fingerprint density at radius 2 is 2.38 bits per heavy atom. The van der Waals surface area contributed by atoms with E-state index in [9.17, 15) is 9.59 Å². The van der Waals surface area contributed by atoms with E-state index in [1.165, 1.54) is 25.4 Å². The molecule has 0 unspecified atom stereocenters. The van der Waals surface area contributed by atoms with Crippen molar-refractivity contribution in [2.45, 2.75) is 6.92 Å². The van der Waals surface area contributed by atoms with Gasteiger partial charge in [-0.15, -0.1) is 11.3 Å². The van der Waals surface area contributed by atoms with Crippen LogP contribution in [0, 0.1) is 0 Å². The molecule has 0 aliphatic heterocycles. The number of amides is 1. The van der Waals surface area contributed by atoms with Gasteiger partial charge in [-0.25, -0.2) is 9.78 Å². The lowest BCUT2D eigenvalue weighted by atomic mass is 10.4. The molecule has 16 heavy (non-hydrogen) atoms. The van der Waals surface area contributed by atoms with Gasteiger partial charge in [-0.05, 0) is 6.08 Å². The normalized spacial score (nSPS) is 10.4. The first-order valence-electron chi connectivity index (χ1n) is 4.58. The van der Waals surface area contributed by atoms with Crippen LogP contribution in [-0.2, 0) is 9.53 Å². The minimum Gasteiger partial charge on any atom is -0.464 e. The van der Waals surface area contributed by atoms with E-state index in [-0.39, 0.29) is 5.91 Å². The summed E-state index contributed by atoms with van der Waals surface area (Å²) in [5.41, 5.74) is 0.298. The SMILES string of the molecule is COC(=O)c1csc(C=CCNC(C)=O)n1. The molecule has 1 N–H and O–H groups in total. The monoisotopic (exact) mass is 240 g/mol. The van der Waals surface area contributed by atoms with Crippen LogP contribution in [0.5, 0.6) is 0 Å². The van der Waals surface area contributed by atoms with Crippen molar-refractivity contribution >= 4 is 29.3 Å². The summed E-state index contributed by atoms with van der Waals surface area (Å²) in [7, 11) is 1.31. The molecular formula is C10H12N2O3S. The van der Waals surface area contributed by atoms with Crippen LogP contribution >= 0.6 is 11.3 Å².